The van der Waals surface area contributed by atoms with Crippen LogP contribution in [0.25, 0.3) is 33.8 Å². The number of H-pyrrole nitrogens is 1. The van der Waals surface area contributed by atoms with E-state index in [2.05, 4.69) is 24.9 Å². The molecule has 0 unspecified atom stereocenters. The van der Waals surface area contributed by atoms with Crippen molar-refractivity contribution in [1.82, 2.24) is 24.9 Å². The standard InChI is InChI=1S/C17H11N5O/c23-17-16-13(7-10-20-17)21-14(11-5-1-3-8-18-11)15(22-16)12-6-2-4-9-19-12/h1-10H,(H,20,23). The number of nitrogens with zero attached hydrogens (tertiary/aromatic N) is 4. The molecule has 1 N–H and O–H groups in total. The van der Waals surface area contributed by atoms with Gasteiger partial charge in [0.05, 0.1) is 16.9 Å². The number of aromatic amines is 1. The second-order valence-corrected chi connectivity index (χ2v) is 4.89. The van der Waals surface area contributed by atoms with Crippen LogP contribution in [0.4, 0.5) is 0 Å². The number of nitrogens with one attached hydrogen (secondary N) is 1. The molecule has 0 aliphatic carbocycles. The number of pyridine rings is 3. The van der Waals surface area contributed by atoms with Crippen molar-refractivity contribution in [3.05, 3.63) is 71.4 Å². The molecule has 0 atom stereocenters. The van der Waals surface area contributed by atoms with Gasteiger partial charge in [0.15, 0.2) is 5.52 Å². The highest BCUT2D eigenvalue weighted by Crippen LogP contribution is 2.27. The quantitative estimate of drug-likeness (QED) is 0.614. The fraction of sp³-hybridized carbons (Fsp3) is 0. The summed E-state index contributed by atoms with van der Waals surface area (Å²) in [7, 11) is 0. The van der Waals surface area contributed by atoms with Crippen LogP contribution in [-0.2, 0) is 0 Å². The largest absolute Gasteiger partial charge is 0.327 e. The van der Waals surface area contributed by atoms with Crippen molar-refractivity contribution in [2.75, 3.05) is 0 Å². The average Bonchev–Trinajstić information content (AvgIpc) is 2.63. The van der Waals surface area contributed by atoms with E-state index in [4.69, 9.17) is 0 Å². The molecule has 0 saturated heterocycles. The van der Waals surface area contributed by atoms with Gasteiger partial charge in [-0.15, -0.1) is 0 Å². The molecule has 4 rings (SSSR count). The van der Waals surface area contributed by atoms with Crippen LogP contribution in [0.3, 0.4) is 0 Å². The van der Waals surface area contributed by atoms with Crippen LogP contribution < -0.4 is 5.56 Å². The maximum Gasteiger partial charge on any atom is 0.276 e. The lowest BCUT2D eigenvalue weighted by molar-refractivity contribution is 1.17. The lowest BCUT2D eigenvalue weighted by Crippen LogP contribution is -2.09. The number of rotatable bonds is 2. The van der Waals surface area contributed by atoms with E-state index in [1.165, 1.54) is 0 Å². The monoisotopic (exact) mass is 301 g/mol. The van der Waals surface area contributed by atoms with Crippen molar-refractivity contribution in [2.24, 2.45) is 0 Å². The Morgan fingerprint density at radius 2 is 1.43 bits per heavy atom. The van der Waals surface area contributed by atoms with Gasteiger partial charge in [-0.2, -0.15) is 0 Å². The maximum absolute atomic E-state index is 12.0. The van der Waals surface area contributed by atoms with Gasteiger partial charge in [-0.05, 0) is 30.3 Å². The molecule has 4 aromatic heterocycles. The van der Waals surface area contributed by atoms with Crippen molar-refractivity contribution in [2.45, 2.75) is 0 Å². The Balaban J connectivity index is 2.09. The SMILES string of the molecule is O=c1[nH]ccc2nc(-c3ccccn3)c(-c3ccccn3)nc12. The highest BCUT2D eigenvalue weighted by molar-refractivity contribution is 5.83. The van der Waals surface area contributed by atoms with Gasteiger partial charge in [0.1, 0.15) is 11.4 Å². The van der Waals surface area contributed by atoms with E-state index in [1.54, 1.807) is 24.7 Å². The molecule has 0 aromatic carbocycles. The Bertz CT molecular complexity index is 1030. The van der Waals surface area contributed by atoms with E-state index in [0.717, 1.165) is 0 Å². The van der Waals surface area contributed by atoms with E-state index >= 15 is 0 Å². The molecule has 0 saturated carbocycles. The van der Waals surface area contributed by atoms with Crippen molar-refractivity contribution >= 4 is 11.0 Å². The van der Waals surface area contributed by atoms with Gasteiger partial charge in [0.25, 0.3) is 5.56 Å². The summed E-state index contributed by atoms with van der Waals surface area (Å²) in [6.45, 7) is 0. The summed E-state index contributed by atoms with van der Waals surface area (Å²) >= 11 is 0. The maximum atomic E-state index is 12.0. The fourth-order valence-corrected chi connectivity index (χ4v) is 2.36. The normalized spacial score (nSPS) is 10.8. The topological polar surface area (TPSA) is 84.4 Å². The van der Waals surface area contributed by atoms with Crippen LogP contribution in [0.1, 0.15) is 0 Å². The lowest BCUT2D eigenvalue weighted by atomic mass is 10.1. The summed E-state index contributed by atoms with van der Waals surface area (Å²) in [4.78, 5) is 32.4. The number of aromatic nitrogens is 5. The van der Waals surface area contributed by atoms with E-state index in [1.807, 2.05) is 36.4 Å². The second kappa shape index (κ2) is 5.42. The highest BCUT2D eigenvalue weighted by atomic mass is 16.1. The molecule has 0 spiro atoms. The third-order valence-corrected chi connectivity index (χ3v) is 3.41. The van der Waals surface area contributed by atoms with E-state index in [0.29, 0.717) is 28.3 Å². The number of hydrogen-bond donors (Lipinski definition) is 1. The molecule has 0 fully saturated rings. The van der Waals surface area contributed by atoms with Crippen LogP contribution in [0, 0.1) is 0 Å². The van der Waals surface area contributed by atoms with Gasteiger partial charge < -0.3 is 4.98 Å². The molecule has 4 heterocycles. The lowest BCUT2D eigenvalue weighted by Gasteiger charge is -2.08. The van der Waals surface area contributed by atoms with Gasteiger partial charge in [-0.25, -0.2) is 9.97 Å². The Morgan fingerprint density at radius 3 is 2.04 bits per heavy atom. The van der Waals surface area contributed by atoms with E-state index in [9.17, 15) is 4.79 Å². The summed E-state index contributed by atoms with van der Waals surface area (Å²) in [5.74, 6) is 0. The minimum atomic E-state index is -0.278. The fourth-order valence-electron chi connectivity index (χ4n) is 2.36. The van der Waals surface area contributed by atoms with E-state index in [-0.39, 0.29) is 11.1 Å². The number of hydrogen-bond acceptors (Lipinski definition) is 5. The molecular weight excluding hydrogens is 290 g/mol. The van der Waals surface area contributed by atoms with Crippen LogP contribution in [-0.4, -0.2) is 24.9 Å². The Morgan fingerprint density at radius 1 is 0.783 bits per heavy atom. The van der Waals surface area contributed by atoms with Crippen LogP contribution >= 0.6 is 0 Å². The summed E-state index contributed by atoms with van der Waals surface area (Å²) in [5.41, 5.74) is 2.99. The molecule has 6 heteroatoms. The minimum Gasteiger partial charge on any atom is -0.327 e. The molecule has 4 aromatic rings. The van der Waals surface area contributed by atoms with Gasteiger partial charge in [-0.3, -0.25) is 14.8 Å². The van der Waals surface area contributed by atoms with Crippen molar-refractivity contribution in [3.8, 4) is 22.8 Å². The Kier molecular flexibility index (Phi) is 3.12. The molecule has 0 aliphatic rings. The number of fused-ring (bicyclic) bond motifs is 1. The molecule has 0 radical (unpaired) electrons. The minimum absolute atomic E-state index is 0.278. The highest BCUT2D eigenvalue weighted by Gasteiger charge is 2.15. The summed E-state index contributed by atoms with van der Waals surface area (Å²) < 4.78 is 0. The van der Waals surface area contributed by atoms with Crippen molar-refractivity contribution in [3.63, 3.8) is 0 Å². The van der Waals surface area contributed by atoms with Crippen LogP contribution in [0.15, 0.2) is 65.8 Å². The molecular formula is C17H11N5O. The summed E-state index contributed by atoms with van der Waals surface area (Å²) in [6.07, 6.45) is 4.93. The predicted octanol–water partition coefficient (Wildman–Crippen LogP) is 2.44. The third kappa shape index (κ3) is 2.36. The smallest absolute Gasteiger partial charge is 0.276 e. The Labute approximate surface area is 130 Å². The zero-order chi connectivity index (χ0) is 15.6. The summed E-state index contributed by atoms with van der Waals surface area (Å²) in [5, 5.41) is 0. The molecule has 110 valence electrons. The van der Waals surface area contributed by atoms with Crippen molar-refractivity contribution in [1.29, 1.82) is 0 Å². The molecule has 6 nitrogen and oxygen atoms in total. The first-order valence-electron chi connectivity index (χ1n) is 7.05. The first-order valence-corrected chi connectivity index (χ1v) is 7.05. The van der Waals surface area contributed by atoms with Gasteiger partial charge in [-0.1, -0.05) is 12.1 Å². The summed E-state index contributed by atoms with van der Waals surface area (Å²) in [6, 6.07) is 12.8. The zero-order valence-electron chi connectivity index (χ0n) is 12.0. The van der Waals surface area contributed by atoms with Gasteiger partial charge in [0, 0.05) is 18.6 Å². The van der Waals surface area contributed by atoms with E-state index < -0.39 is 0 Å². The van der Waals surface area contributed by atoms with Crippen molar-refractivity contribution < 1.29 is 0 Å². The second-order valence-electron chi connectivity index (χ2n) is 4.89. The third-order valence-electron chi connectivity index (χ3n) is 3.41. The molecule has 0 bridgehead atoms. The zero-order valence-corrected chi connectivity index (χ0v) is 12.0. The van der Waals surface area contributed by atoms with Crippen LogP contribution in [0.5, 0.6) is 0 Å². The Hall–Kier alpha value is -3.41. The predicted molar refractivity (Wildman–Crippen MR) is 86.6 cm³/mol. The van der Waals surface area contributed by atoms with Gasteiger partial charge >= 0.3 is 0 Å². The first-order chi connectivity index (χ1) is 11.3. The van der Waals surface area contributed by atoms with Crippen LogP contribution in [0.2, 0.25) is 0 Å². The molecule has 0 amide bonds. The first kappa shape index (κ1) is 13.3. The van der Waals surface area contributed by atoms with Gasteiger partial charge in [0.2, 0.25) is 0 Å². The average molecular weight is 301 g/mol. The molecule has 23 heavy (non-hydrogen) atoms. The molecule has 0 aliphatic heterocycles.